The summed E-state index contributed by atoms with van der Waals surface area (Å²) in [6.45, 7) is 1.98. The Morgan fingerprint density at radius 1 is 1.00 bits per heavy atom. The predicted octanol–water partition coefficient (Wildman–Crippen LogP) is 1.94. The lowest BCUT2D eigenvalue weighted by Gasteiger charge is -2.10. The van der Waals surface area contributed by atoms with Crippen molar-refractivity contribution < 1.29 is 14.3 Å². The van der Waals surface area contributed by atoms with E-state index in [0.717, 1.165) is 24.1 Å². The highest BCUT2D eigenvalue weighted by Crippen LogP contribution is 2.27. The van der Waals surface area contributed by atoms with Crippen LogP contribution in [0.4, 0.5) is 0 Å². The molecule has 0 bridgehead atoms. The highest BCUT2D eigenvalue weighted by Gasteiger charge is 2.05. The van der Waals surface area contributed by atoms with Crippen LogP contribution in [0.2, 0.25) is 0 Å². The molecule has 0 saturated heterocycles. The van der Waals surface area contributed by atoms with E-state index in [1.807, 2.05) is 30.3 Å². The number of methoxy groups -OCH3 is 2. The second kappa shape index (κ2) is 10.3. The third kappa shape index (κ3) is 6.43. The van der Waals surface area contributed by atoms with E-state index in [1.54, 1.807) is 26.6 Å². The van der Waals surface area contributed by atoms with Crippen LogP contribution in [-0.4, -0.2) is 38.2 Å². The molecule has 0 unspecified atom stereocenters. The molecule has 1 heterocycles. The van der Waals surface area contributed by atoms with Gasteiger partial charge in [0.05, 0.1) is 14.2 Å². The minimum absolute atomic E-state index is 0.0442. The van der Waals surface area contributed by atoms with E-state index in [4.69, 9.17) is 9.47 Å². The van der Waals surface area contributed by atoms with Crippen LogP contribution in [0.3, 0.4) is 0 Å². The van der Waals surface area contributed by atoms with Gasteiger partial charge in [0.2, 0.25) is 5.91 Å². The van der Waals surface area contributed by atoms with Crippen molar-refractivity contribution in [2.75, 3.05) is 27.3 Å². The molecule has 0 radical (unpaired) electrons. The van der Waals surface area contributed by atoms with E-state index in [1.165, 1.54) is 0 Å². The summed E-state index contributed by atoms with van der Waals surface area (Å²) in [5, 5.41) is 6.18. The number of carbonyl (C=O) groups is 1. The summed E-state index contributed by atoms with van der Waals surface area (Å²) in [5.74, 6) is 1.45. The summed E-state index contributed by atoms with van der Waals surface area (Å²) >= 11 is 0. The molecule has 0 fully saturated rings. The van der Waals surface area contributed by atoms with Crippen LogP contribution in [0.15, 0.2) is 42.7 Å². The first-order chi connectivity index (χ1) is 12.2. The van der Waals surface area contributed by atoms with E-state index >= 15 is 0 Å². The first kappa shape index (κ1) is 18.7. The van der Waals surface area contributed by atoms with Crippen LogP contribution in [0.1, 0.15) is 17.5 Å². The number of carbonyl (C=O) groups excluding carboxylic acids is 1. The van der Waals surface area contributed by atoms with Gasteiger partial charge in [-0.2, -0.15) is 0 Å². The van der Waals surface area contributed by atoms with Gasteiger partial charge in [-0.15, -0.1) is 0 Å². The number of ether oxygens (including phenoxy) is 2. The molecule has 6 heteroatoms. The normalized spacial score (nSPS) is 10.3. The highest BCUT2D eigenvalue weighted by atomic mass is 16.5. The lowest BCUT2D eigenvalue weighted by atomic mass is 10.1. The number of nitrogens with zero attached hydrogens (tertiary/aromatic N) is 1. The quantitative estimate of drug-likeness (QED) is 0.645. The van der Waals surface area contributed by atoms with Gasteiger partial charge in [0.25, 0.3) is 0 Å². The Labute approximate surface area is 148 Å². The first-order valence-corrected chi connectivity index (χ1v) is 8.30. The highest BCUT2D eigenvalue weighted by molar-refractivity contribution is 5.76. The molecule has 2 aromatic rings. The summed E-state index contributed by atoms with van der Waals surface area (Å²) in [6, 6.07) is 9.69. The summed E-state index contributed by atoms with van der Waals surface area (Å²) in [6.07, 6.45) is 4.73. The van der Waals surface area contributed by atoms with Crippen LogP contribution in [0.5, 0.6) is 11.5 Å². The fraction of sp³-hybridized carbons (Fsp3) is 0.368. The lowest BCUT2D eigenvalue weighted by Crippen LogP contribution is -2.29. The molecular weight excluding hydrogens is 318 g/mol. The molecule has 0 saturated carbocycles. The molecule has 0 aliphatic rings. The zero-order valence-corrected chi connectivity index (χ0v) is 14.7. The van der Waals surface area contributed by atoms with Crippen molar-refractivity contribution in [2.45, 2.75) is 19.4 Å². The van der Waals surface area contributed by atoms with Crippen LogP contribution in [0, 0.1) is 0 Å². The number of nitrogens with one attached hydrogen (secondary N) is 2. The summed E-state index contributed by atoms with van der Waals surface area (Å²) in [5.41, 5.74) is 2.25. The summed E-state index contributed by atoms with van der Waals surface area (Å²) in [7, 11) is 3.23. The first-order valence-electron chi connectivity index (χ1n) is 8.30. The van der Waals surface area contributed by atoms with E-state index in [9.17, 15) is 4.79 Å². The standard InChI is InChI=1S/C19H25N3O3/c1-24-17-4-3-15(13-18(17)25-2)7-12-22-19(23)8-11-21-14-16-5-9-20-10-6-16/h3-6,9-10,13,21H,7-8,11-12,14H2,1-2H3,(H,22,23). The number of hydrogen-bond acceptors (Lipinski definition) is 5. The SMILES string of the molecule is COc1ccc(CCNC(=O)CCNCc2ccncc2)cc1OC. The molecule has 1 amide bonds. The van der Waals surface area contributed by atoms with Crippen molar-refractivity contribution in [1.82, 2.24) is 15.6 Å². The molecular formula is C19H25N3O3. The van der Waals surface area contributed by atoms with Crippen molar-refractivity contribution in [1.29, 1.82) is 0 Å². The minimum Gasteiger partial charge on any atom is -0.493 e. The van der Waals surface area contributed by atoms with Gasteiger partial charge in [0, 0.05) is 38.4 Å². The molecule has 1 aromatic heterocycles. The smallest absolute Gasteiger partial charge is 0.221 e. The summed E-state index contributed by atoms with van der Waals surface area (Å²) in [4.78, 5) is 15.8. The van der Waals surface area contributed by atoms with E-state index in [0.29, 0.717) is 31.0 Å². The van der Waals surface area contributed by atoms with E-state index < -0.39 is 0 Å². The zero-order chi connectivity index (χ0) is 17.9. The molecule has 0 aliphatic heterocycles. The second-order valence-electron chi connectivity index (χ2n) is 5.57. The van der Waals surface area contributed by atoms with Crippen LogP contribution >= 0.6 is 0 Å². The van der Waals surface area contributed by atoms with Gasteiger partial charge >= 0.3 is 0 Å². The molecule has 2 rings (SSSR count). The average Bonchev–Trinajstić information content (AvgIpc) is 2.66. The van der Waals surface area contributed by atoms with Crippen molar-refractivity contribution in [2.24, 2.45) is 0 Å². The Hall–Kier alpha value is -2.60. The number of hydrogen-bond donors (Lipinski definition) is 2. The second-order valence-corrected chi connectivity index (χ2v) is 5.57. The zero-order valence-electron chi connectivity index (χ0n) is 14.7. The third-order valence-corrected chi connectivity index (χ3v) is 3.79. The molecule has 1 aromatic carbocycles. The lowest BCUT2D eigenvalue weighted by molar-refractivity contribution is -0.120. The van der Waals surface area contributed by atoms with Gasteiger partial charge in [-0.05, 0) is 41.8 Å². The Bertz CT molecular complexity index is 662. The average molecular weight is 343 g/mol. The maximum absolute atomic E-state index is 11.9. The molecule has 25 heavy (non-hydrogen) atoms. The largest absolute Gasteiger partial charge is 0.493 e. The fourth-order valence-electron chi connectivity index (χ4n) is 2.41. The maximum atomic E-state index is 11.9. The van der Waals surface area contributed by atoms with Gasteiger partial charge in [0.1, 0.15) is 0 Å². The van der Waals surface area contributed by atoms with E-state index in [-0.39, 0.29) is 5.91 Å². The van der Waals surface area contributed by atoms with Crippen LogP contribution in [0.25, 0.3) is 0 Å². The Kier molecular flexibility index (Phi) is 7.72. The minimum atomic E-state index is 0.0442. The van der Waals surface area contributed by atoms with Crippen molar-refractivity contribution in [3.8, 4) is 11.5 Å². The topological polar surface area (TPSA) is 72.5 Å². The van der Waals surface area contributed by atoms with Crippen LogP contribution in [-0.2, 0) is 17.8 Å². The monoisotopic (exact) mass is 343 g/mol. The number of amides is 1. The van der Waals surface area contributed by atoms with Crippen molar-refractivity contribution in [3.05, 3.63) is 53.9 Å². The van der Waals surface area contributed by atoms with Gasteiger partial charge in [-0.25, -0.2) is 0 Å². The molecule has 0 aliphatic carbocycles. The Morgan fingerprint density at radius 2 is 1.76 bits per heavy atom. The van der Waals surface area contributed by atoms with E-state index in [2.05, 4.69) is 15.6 Å². The number of rotatable bonds is 10. The maximum Gasteiger partial charge on any atom is 0.221 e. The molecule has 0 atom stereocenters. The molecule has 0 spiro atoms. The van der Waals surface area contributed by atoms with Gasteiger partial charge in [-0.1, -0.05) is 6.07 Å². The third-order valence-electron chi connectivity index (χ3n) is 3.79. The number of benzene rings is 1. The molecule has 6 nitrogen and oxygen atoms in total. The number of pyridine rings is 1. The summed E-state index contributed by atoms with van der Waals surface area (Å²) < 4.78 is 10.5. The molecule has 2 N–H and O–H groups in total. The molecule has 134 valence electrons. The fourth-order valence-corrected chi connectivity index (χ4v) is 2.41. The van der Waals surface area contributed by atoms with Gasteiger partial charge < -0.3 is 20.1 Å². The van der Waals surface area contributed by atoms with Gasteiger partial charge in [-0.3, -0.25) is 9.78 Å². The van der Waals surface area contributed by atoms with Crippen molar-refractivity contribution in [3.63, 3.8) is 0 Å². The number of aromatic nitrogens is 1. The van der Waals surface area contributed by atoms with Crippen LogP contribution < -0.4 is 20.1 Å². The Balaban J connectivity index is 1.63. The van der Waals surface area contributed by atoms with Crippen molar-refractivity contribution >= 4 is 5.91 Å². The Morgan fingerprint density at radius 3 is 2.48 bits per heavy atom. The predicted molar refractivity (Wildman–Crippen MR) is 96.8 cm³/mol. The van der Waals surface area contributed by atoms with Gasteiger partial charge in [0.15, 0.2) is 11.5 Å².